The molecule has 0 radical (unpaired) electrons. The van der Waals surface area contributed by atoms with Crippen LogP contribution in [0.2, 0.25) is 0 Å². The fraction of sp³-hybridized carbons (Fsp3) is 0.706. The number of carbonyl (C=O) groups is 1. The molecule has 5 heteroatoms. The summed E-state index contributed by atoms with van der Waals surface area (Å²) in [6.07, 6.45) is 0. The van der Waals surface area contributed by atoms with Crippen LogP contribution in [0.5, 0.6) is 0 Å². The molecule has 5 nitrogen and oxygen atoms in total. The van der Waals surface area contributed by atoms with Gasteiger partial charge in [0.15, 0.2) is 0 Å². The average molecular weight is 307 g/mol. The van der Waals surface area contributed by atoms with Gasteiger partial charge in [0.05, 0.1) is 5.56 Å². The molecule has 1 fully saturated rings. The van der Waals surface area contributed by atoms with Gasteiger partial charge in [0.1, 0.15) is 11.5 Å². The molecule has 124 valence electrons. The summed E-state index contributed by atoms with van der Waals surface area (Å²) in [5, 5.41) is 3.09. The Morgan fingerprint density at radius 1 is 1.27 bits per heavy atom. The highest BCUT2D eigenvalue weighted by Gasteiger charge is 2.25. The van der Waals surface area contributed by atoms with Crippen LogP contribution in [-0.2, 0) is 0 Å². The molecule has 1 amide bonds. The first-order chi connectivity index (χ1) is 10.4. The van der Waals surface area contributed by atoms with E-state index in [1.165, 1.54) is 0 Å². The van der Waals surface area contributed by atoms with Gasteiger partial charge in [-0.25, -0.2) is 0 Å². The number of carbonyl (C=O) groups excluding carboxylic acids is 1. The summed E-state index contributed by atoms with van der Waals surface area (Å²) in [4.78, 5) is 17.2. The summed E-state index contributed by atoms with van der Waals surface area (Å²) in [7, 11) is 2.16. The van der Waals surface area contributed by atoms with Crippen LogP contribution in [-0.4, -0.2) is 61.5 Å². The first-order valence-electron chi connectivity index (χ1n) is 8.16. The van der Waals surface area contributed by atoms with E-state index in [4.69, 9.17) is 4.42 Å². The molecule has 22 heavy (non-hydrogen) atoms. The van der Waals surface area contributed by atoms with Crippen LogP contribution < -0.4 is 5.32 Å². The van der Waals surface area contributed by atoms with Gasteiger partial charge in [-0.15, -0.1) is 0 Å². The SMILES string of the molecule is Cc1cc(C(=O)NCC(C(C)C)N2CCN(C)CC2)c(C)o1. The fourth-order valence-electron chi connectivity index (χ4n) is 3.09. The number of nitrogens with one attached hydrogen (secondary N) is 1. The number of amides is 1. The summed E-state index contributed by atoms with van der Waals surface area (Å²) in [6.45, 7) is 13.2. The van der Waals surface area contributed by atoms with Gasteiger partial charge in [-0.3, -0.25) is 9.69 Å². The number of furan rings is 1. The maximum atomic E-state index is 12.3. The number of piperazine rings is 1. The van der Waals surface area contributed by atoms with Crippen molar-refractivity contribution in [2.75, 3.05) is 39.8 Å². The summed E-state index contributed by atoms with van der Waals surface area (Å²) in [5.41, 5.74) is 0.651. The standard InChI is InChI=1S/C17H29N3O2/c1-12(2)16(20-8-6-19(5)7-9-20)11-18-17(21)15-10-13(3)22-14(15)4/h10,12,16H,6-9,11H2,1-5H3,(H,18,21). The first kappa shape index (κ1) is 17.0. The van der Waals surface area contributed by atoms with Crippen LogP contribution in [0.3, 0.4) is 0 Å². The molecule has 1 aliphatic rings. The lowest BCUT2D eigenvalue weighted by Crippen LogP contribution is -2.54. The van der Waals surface area contributed by atoms with E-state index >= 15 is 0 Å². The van der Waals surface area contributed by atoms with E-state index in [-0.39, 0.29) is 5.91 Å². The highest BCUT2D eigenvalue weighted by molar-refractivity contribution is 5.95. The summed E-state index contributed by atoms with van der Waals surface area (Å²) >= 11 is 0. The highest BCUT2D eigenvalue weighted by Crippen LogP contribution is 2.15. The Morgan fingerprint density at radius 2 is 1.91 bits per heavy atom. The second-order valence-corrected chi connectivity index (χ2v) is 6.69. The molecule has 0 saturated carbocycles. The van der Waals surface area contributed by atoms with E-state index in [2.05, 4.69) is 36.0 Å². The van der Waals surface area contributed by atoms with E-state index in [0.29, 0.717) is 29.8 Å². The molecule has 0 bridgehead atoms. The zero-order valence-corrected chi connectivity index (χ0v) is 14.5. The Hall–Kier alpha value is -1.33. The minimum absolute atomic E-state index is 0.0332. The van der Waals surface area contributed by atoms with E-state index in [0.717, 1.165) is 31.9 Å². The average Bonchev–Trinajstić information content (AvgIpc) is 2.79. The third kappa shape index (κ3) is 4.11. The van der Waals surface area contributed by atoms with Crippen molar-refractivity contribution in [3.8, 4) is 0 Å². The van der Waals surface area contributed by atoms with Crippen LogP contribution in [0.25, 0.3) is 0 Å². The van der Waals surface area contributed by atoms with E-state index in [1.54, 1.807) is 0 Å². The van der Waals surface area contributed by atoms with Gasteiger partial charge in [0.2, 0.25) is 0 Å². The van der Waals surface area contributed by atoms with Crippen molar-refractivity contribution in [1.82, 2.24) is 15.1 Å². The molecule has 1 aromatic heterocycles. The number of hydrogen-bond acceptors (Lipinski definition) is 4. The van der Waals surface area contributed by atoms with E-state index < -0.39 is 0 Å². The molecule has 1 atom stereocenters. The number of likely N-dealkylation sites (N-methyl/N-ethyl adjacent to an activating group) is 1. The molecule has 1 N–H and O–H groups in total. The maximum Gasteiger partial charge on any atom is 0.254 e. The molecule has 2 heterocycles. The van der Waals surface area contributed by atoms with E-state index in [1.807, 2.05) is 19.9 Å². The first-order valence-corrected chi connectivity index (χ1v) is 8.16. The minimum atomic E-state index is -0.0332. The molecule has 0 spiro atoms. The largest absolute Gasteiger partial charge is 0.466 e. The zero-order valence-electron chi connectivity index (χ0n) is 14.5. The molecule has 0 aliphatic carbocycles. The second-order valence-electron chi connectivity index (χ2n) is 6.69. The van der Waals surface area contributed by atoms with Gasteiger partial charge in [0.25, 0.3) is 5.91 Å². The van der Waals surface area contributed by atoms with Crippen molar-refractivity contribution >= 4 is 5.91 Å². The Labute approximate surface area is 133 Å². The topological polar surface area (TPSA) is 48.7 Å². The van der Waals surface area contributed by atoms with Crippen LogP contribution in [0, 0.1) is 19.8 Å². The van der Waals surface area contributed by atoms with Gasteiger partial charge < -0.3 is 14.6 Å². The Bertz CT molecular complexity index is 502. The van der Waals surface area contributed by atoms with Crippen molar-refractivity contribution in [2.24, 2.45) is 5.92 Å². The fourth-order valence-corrected chi connectivity index (χ4v) is 3.09. The number of aryl methyl sites for hydroxylation is 2. The molecule has 1 unspecified atom stereocenters. The van der Waals surface area contributed by atoms with Gasteiger partial charge in [0, 0.05) is 38.8 Å². The molecular formula is C17H29N3O2. The second kappa shape index (κ2) is 7.29. The zero-order chi connectivity index (χ0) is 16.3. The molecule has 1 aliphatic heterocycles. The lowest BCUT2D eigenvalue weighted by Gasteiger charge is -2.39. The van der Waals surface area contributed by atoms with Crippen molar-refractivity contribution in [3.05, 3.63) is 23.2 Å². The predicted molar refractivity (Wildman–Crippen MR) is 88.2 cm³/mol. The van der Waals surface area contributed by atoms with Gasteiger partial charge >= 0.3 is 0 Å². The third-order valence-electron chi connectivity index (χ3n) is 4.53. The summed E-state index contributed by atoms with van der Waals surface area (Å²) < 4.78 is 5.44. The number of hydrogen-bond donors (Lipinski definition) is 1. The lowest BCUT2D eigenvalue weighted by molar-refractivity contribution is 0.0790. The van der Waals surface area contributed by atoms with Crippen molar-refractivity contribution < 1.29 is 9.21 Å². The Morgan fingerprint density at radius 3 is 2.41 bits per heavy atom. The van der Waals surface area contributed by atoms with E-state index in [9.17, 15) is 4.79 Å². The van der Waals surface area contributed by atoms with Crippen molar-refractivity contribution in [3.63, 3.8) is 0 Å². The molecular weight excluding hydrogens is 278 g/mol. The van der Waals surface area contributed by atoms with Crippen molar-refractivity contribution in [2.45, 2.75) is 33.7 Å². The quantitative estimate of drug-likeness (QED) is 0.902. The summed E-state index contributed by atoms with van der Waals surface area (Å²) in [6, 6.07) is 2.19. The Kier molecular flexibility index (Phi) is 5.64. The van der Waals surface area contributed by atoms with Crippen LogP contribution >= 0.6 is 0 Å². The van der Waals surface area contributed by atoms with Gasteiger partial charge in [-0.05, 0) is 32.9 Å². The number of nitrogens with zero attached hydrogens (tertiary/aromatic N) is 2. The normalized spacial score (nSPS) is 18.6. The van der Waals surface area contributed by atoms with Gasteiger partial charge in [-0.2, -0.15) is 0 Å². The maximum absolute atomic E-state index is 12.3. The minimum Gasteiger partial charge on any atom is -0.466 e. The smallest absolute Gasteiger partial charge is 0.254 e. The molecule has 1 saturated heterocycles. The third-order valence-corrected chi connectivity index (χ3v) is 4.53. The molecule has 2 rings (SSSR count). The number of rotatable bonds is 5. The molecule has 0 aromatic carbocycles. The Balaban J connectivity index is 1.94. The summed E-state index contributed by atoms with van der Waals surface area (Å²) in [5.74, 6) is 1.95. The predicted octanol–water partition coefficient (Wildman–Crippen LogP) is 1.90. The van der Waals surface area contributed by atoms with Crippen LogP contribution in [0.4, 0.5) is 0 Å². The van der Waals surface area contributed by atoms with Crippen LogP contribution in [0.1, 0.15) is 35.7 Å². The van der Waals surface area contributed by atoms with Crippen molar-refractivity contribution in [1.29, 1.82) is 0 Å². The van der Waals surface area contributed by atoms with Gasteiger partial charge in [-0.1, -0.05) is 13.8 Å². The molecule has 1 aromatic rings. The van der Waals surface area contributed by atoms with Crippen LogP contribution in [0.15, 0.2) is 10.5 Å². The monoisotopic (exact) mass is 307 g/mol. The highest BCUT2D eigenvalue weighted by atomic mass is 16.3. The lowest BCUT2D eigenvalue weighted by atomic mass is 10.0.